The number of nitrogens with zero attached hydrogens (tertiary/aromatic N) is 2. The summed E-state index contributed by atoms with van der Waals surface area (Å²) in [6.07, 6.45) is -4.53. The molecule has 4 nitrogen and oxygen atoms in total. The first-order valence-electron chi connectivity index (χ1n) is 8.42. The SMILES string of the molecule is Cc1nn(Cc2cccc(F)c2)c(C)c1NC(=O)c1cccc(C(F)(F)F)c1. The molecule has 3 rings (SSSR count). The number of hydrogen-bond donors (Lipinski definition) is 1. The van der Waals surface area contributed by atoms with Crippen LogP contribution in [0.2, 0.25) is 0 Å². The van der Waals surface area contributed by atoms with Gasteiger partial charge in [0.25, 0.3) is 5.91 Å². The first kappa shape index (κ1) is 19.6. The van der Waals surface area contributed by atoms with Crippen LogP contribution in [-0.4, -0.2) is 15.7 Å². The van der Waals surface area contributed by atoms with Gasteiger partial charge in [0.2, 0.25) is 0 Å². The lowest BCUT2D eigenvalue weighted by Gasteiger charge is -2.10. The third kappa shape index (κ3) is 4.21. The van der Waals surface area contributed by atoms with Crippen molar-refractivity contribution in [1.82, 2.24) is 9.78 Å². The van der Waals surface area contributed by atoms with Crippen LogP contribution in [0.4, 0.5) is 23.2 Å². The fourth-order valence-corrected chi connectivity index (χ4v) is 2.86. The Morgan fingerprint density at radius 3 is 2.50 bits per heavy atom. The Balaban J connectivity index is 1.83. The van der Waals surface area contributed by atoms with E-state index in [2.05, 4.69) is 10.4 Å². The number of benzene rings is 2. The Labute approximate surface area is 158 Å². The summed E-state index contributed by atoms with van der Waals surface area (Å²) < 4.78 is 53.5. The molecule has 0 fully saturated rings. The van der Waals surface area contributed by atoms with Crippen LogP contribution < -0.4 is 5.32 Å². The van der Waals surface area contributed by atoms with E-state index in [4.69, 9.17) is 0 Å². The van der Waals surface area contributed by atoms with Crippen molar-refractivity contribution in [3.05, 3.63) is 82.4 Å². The van der Waals surface area contributed by atoms with Crippen molar-refractivity contribution in [2.75, 3.05) is 5.32 Å². The average Bonchev–Trinajstić information content (AvgIpc) is 2.88. The normalized spacial score (nSPS) is 11.5. The monoisotopic (exact) mass is 391 g/mol. The number of nitrogens with one attached hydrogen (secondary N) is 1. The van der Waals surface area contributed by atoms with E-state index in [-0.39, 0.29) is 11.4 Å². The number of aromatic nitrogens is 2. The molecule has 0 aliphatic carbocycles. The predicted octanol–water partition coefficient (Wildman–Crippen LogP) is 4.96. The van der Waals surface area contributed by atoms with E-state index in [9.17, 15) is 22.4 Å². The van der Waals surface area contributed by atoms with Gasteiger partial charge in [-0.15, -0.1) is 0 Å². The number of aryl methyl sites for hydroxylation is 1. The largest absolute Gasteiger partial charge is 0.416 e. The minimum atomic E-state index is -4.53. The summed E-state index contributed by atoms with van der Waals surface area (Å²) >= 11 is 0. The second-order valence-corrected chi connectivity index (χ2v) is 6.37. The number of halogens is 4. The summed E-state index contributed by atoms with van der Waals surface area (Å²) in [4.78, 5) is 12.4. The van der Waals surface area contributed by atoms with Gasteiger partial charge in [-0.2, -0.15) is 18.3 Å². The van der Waals surface area contributed by atoms with Gasteiger partial charge in [0.1, 0.15) is 5.82 Å². The summed E-state index contributed by atoms with van der Waals surface area (Å²) in [5.41, 5.74) is 1.23. The average molecular weight is 391 g/mol. The molecule has 1 amide bonds. The summed E-state index contributed by atoms with van der Waals surface area (Å²) in [6, 6.07) is 10.3. The fourth-order valence-electron chi connectivity index (χ4n) is 2.86. The molecule has 0 saturated heterocycles. The van der Waals surface area contributed by atoms with Crippen LogP contribution in [0.15, 0.2) is 48.5 Å². The van der Waals surface area contributed by atoms with Crippen molar-refractivity contribution in [1.29, 1.82) is 0 Å². The second kappa shape index (κ2) is 7.46. The number of rotatable bonds is 4. The maximum absolute atomic E-state index is 13.4. The van der Waals surface area contributed by atoms with Gasteiger partial charge in [-0.25, -0.2) is 4.39 Å². The highest BCUT2D eigenvalue weighted by atomic mass is 19.4. The topological polar surface area (TPSA) is 46.9 Å². The molecule has 3 aromatic rings. The van der Waals surface area contributed by atoms with Crippen molar-refractivity contribution in [2.45, 2.75) is 26.6 Å². The predicted molar refractivity (Wildman–Crippen MR) is 96.6 cm³/mol. The second-order valence-electron chi connectivity index (χ2n) is 6.37. The van der Waals surface area contributed by atoms with Crippen molar-refractivity contribution in [3.8, 4) is 0 Å². The van der Waals surface area contributed by atoms with Gasteiger partial charge in [-0.3, -0.25) is 9.48 Å². The highest BCUT2D eigenvalue weighted by molar-refractivity contribution is 6.05. The van der Waals surface area contributed by atoms with Gasteiger partial charge in [0.05, 0.1) is 29.2 Å². The Morgan fingerprint density at radius 2 is 1.82 bits per heavy atom. The first-order valence-corrected chi connectivity index (χ1v) is 8.42. The zero-order valence-corrected chi connectivity index (χ0v) is 15.1. The lowest BCUT2D eigenvalue weighted by molar-refractivity contribution is -0.137. The fraction of sp³-hybridized carbons (Fsp3) is 0.200. The third-order valence-corrected chi connectivity index (χ3v) is 4.29. The van der Waals surface area contributed by atoms with Crippen molar-refractivity contribution in [2.24, 2.45) is 0 Å². The molecule has 1 N–H and O–H groups in total. The Kier molecular flexibility index (Phi) is 5.22. The van der Waals surface area contributed by atoms with Crippen LogP contribution in [0.5, 0.6) is 0 Å². The summed E-state index contributed by atoms with van der Waals surface area (Å²) in [7, 11) is 0. The van der Waals surface area contributed by atoms with Gasteiger partial charge >= 0.3 is 6.18 Å². The van der Waals surface area contributed by atoms with Crippen LogP contribution in [0.25, 0.3) is 0 Å². The van der Waals surface area contributed by atoms with Gasteiger partial charge in [0.15, 0.2) is 0 Å². The molecule has 0 saturated carbocycles. The number of alkyl halides is 3. The van der Waals surface area contributed by atoms with E-state index in [1.54, 1.807) is 30.7 Å². The molecule has 2 aromatic carbocycles. The van der Waals surface area contributed by atoms with Gasteiger partial charge in [0, 0.05) is 5.56 Å². The van der Waals surface area contributed by atoms with E-state index in [1.165, 1.54) is 24.3 Å². The Bertz CT molecular complexity index is 1020. The minimum absolute atomic E-state index is 0.105. The number of carbonyl (C=O) groups is 1. The number of anilines is 1. The number of hydrogen-bond acceptors (Lipinski definition) is 2. The van der Waals surface area contributed by atoms with Gasteiger partial charge in [-0.1, -0.05) is 18.2 Å². The molecular formula is C20H17F4N3O. The lowest BCUT2D eigenvalue weighted by Crippen LogP contribution is -2.15. The maximum Gasteiger partial charge on any atom is 0.416 e. The van der Waals surface area contributed by atoms with Crippen molar-refractivity contribution < 1.29 is 22.4 Å². The summed E-state index contributed by atoms with van der Waals surface area (Å²) in [5.74, 6) is -1.03. The summed E-state index contributed by atoms with van der Waals surface area (Å²) in [5, 5.41) is 6.97. The number of amides is 1. The highest BCUT2D eigenvalue weighted by Gasteiger charge is 2.31. The van der Waals surface area contributed by atoms with E-state index in [0.29, 0.717) is 29.2 Å². The van der Waals surface area contributed by atoms with Gasteiger partial charge in [-0.05, 0) is 49.7 Å². The van der Waals surface area contributed by atoms with Crippen LogP contribution in [0.3, 0.4) is 0 Å². The van der Waals surface area contributed by atoms with Crippen molar-refractivity contribution >= 4 is 11.6 Å². The van der Waals surface area contributed by atoms with Gasteiger partial charge < -0.3 is 5.32 Å². The number of carbonyl (C=O) groups excluding carboxylic acids is 1. The molecule has 0 aliphatic rings. The lowest BCUT2D eigenvalue weighted by atomic mass is 10.1. The third-order valence-electron chi connectivity index (χ3n) is 4.29. The zero-order valence-electron chi connectivity index (χ0n) is 15.1. The molecule has 1 aromatic heterocycles. The van der Waals surface area contributed by atoms with E-state index < -0.39 is 17.6 Å². The molecule has 1 heterocycles. The standard InChI is InChI=1S/C20H17F4N3O/c1-12-18(13(2)27(26-12)11-14-5-3-8-17(21)9-14)25-19(28)15-6-4-7-16(10-15)20(22,23)24/h3-10H,11H2,1-2H3,(H,25,28). The first-order chi connectivity index (χ1) is 13.1. The Morgan fingerprint density at radius 1 is 1.11 bits per heavy atom. The molecule has 0 bridgehead atoms. The Hall–Kier alpha value is -3.16. The maximum atomic E-state index is 13.4. The van der Waals surface area contributed by atoms with Crippen LogP contribution in [-0.2, 0) is 12.7 Å². The molecule has 28 heavy (non-hydrogen) atoms. The molecule has 0 atom stereocenters. The molecular weight excluding hydrogens is 374 g/mol. The van der Waals surface area contributed by atoms with E-state index >= 15 is 0 Å². The van der Waals surface area contributed by atoms with E-state index in [0.717, 1.165) is 12.1 Å². The zero-order chi connectivity index (χ0) is 20.5. The molecule has 8 heteroatoms. The van der Waals surface area contributed by atoms with Crippen molar-refractivity contribution in [3.63, 3.8) is 0 Å². The smallest absolute Gasteiger partial charge is 0.319 e. The molecule has 146 valence electrons. The van der Waals surface area contributed by atoms with E-state index in [1.807, 2.05) is 0 Å². The molecule has 0 spiro atoms. The highest BCUT2D eigenvalue weighted by Crippen LogP contribution is 2.30. The molecule has 0 aliphatic heterocycles. The quantitative estimate of drug-likeness (QED) is 0.639. The molecule has 0 unspecified atom stereocenters. The van der Waals surface area contributed by atoms with Crippen LogP contribution >= 0.6 is 0 Å². The van der Waals surface area contributed by atoms with Crippen LogP contribution in [0.1, 0.15) is 32.9 Å². The summed E-state index contributed by atoms with van der Waals surface area (Å²) in [6.45, 7) is 3.70. The van der Waals surface area contributed by atoms with Crippen LogP contribution in [0, 0.1) is 19.7 Å². The molecule has 0 radical (unpaired) electrons. The minimum Gasteiger partial charge on any atom is -0.319 e.